The van der Waals surface area contributed by atoms with Crippen LogP contribution < -0.4 is 10.2 Å². The minimum absolute atomic E-state index is 0.0349. The van der Waals surface area contributed by atoms with Crippen LogP contribution in [0.4, 0.5) is 38.3 Å². The van der Waals surface area contributed by atoms with E-state index in [1.54, 1.807) is 20.8 Å². The number of amides is 2. The average molecular weight is 625 g/mol. The largest absolute Gasteiger partial charge is 0.442 e. The Hall–Kier alpha value is -3.00. The van der Waals surface area contributed by atoms with Gasteiger partial charge in [-0.3, -0.25) is 4.79 Å². The van der Waals surface area contributed by atoms with Gasteiger partial charge in [-0.05, 0) is 57.9 Å². The Kier molecular flexibility index (Phi) is 9.28. The molecule has 0 aliphatic carbocycles. The Balaban J connectivity index is 2.03. The summed E-state index contributed by atoms with van der Waals surface area (Å²) in [5, 5.41) is 1.72. The van der Waals surface area contributed by atoms with Gasteiger partial charge in [0.2, 0.25) is 5.92 Å². The fraction of sp³-hybridized carbons (Fsp3) is 0.500. The number of carbonyl (C=O) groups excluding carboxylic acids is 2. The number of alkyl halides is 5. The van der Waals surface area contributed by atoms with Crippen LogP contribution in [0.2, 0.25) is 5.02 Å². The molecule has 1 aromatic heterocycles. The van der Waals surface area contributed by atoms with Crippen LogP contribution in [0.1, 0.15) is 61.6 Å². The van der Waals surface area contributed by atoms with Crippen LogP contribution in [0, 0.1) is 6.92 Å². The van der Waals surface area contributed by atoms with Gasteiger partial charge in [0.15, 0.2) is 5.69 Å². The second-order valence-corrected chi connectivity index (χ2v) is 13.3. The van der Waals surface area contributed by atoms with E-state index >= 15 is 0 Å². The van der Waals surface area contributed by atoms with E-state index in [2.05, 4.69) is 14.7 Å². The van der Waals surface area contributed by atoms with E-state index in [-0.39, 0.29) is 41.2 Å². The third-order valence-electron chi connectivity index (χ3n) is 6.04. The quantitative estimate of drug-likeness (QED) is 0.358. The smallest absolute Gasteiger partial charge is 0.442 e. The molecule has 226 valence electrons. The maximum absolute atomic E-state index is 14.0. The van der Waals surface area contributed by atoms with Gasteiger partial charge in [-0.25, -0.2) is 22.8 Å². The van der Waals surface area contributed by atoms with E-state index in [9.17, 15) is 35.8 Å². The summed E-state index contributed by atoms with van der Waals surface area (Å²) in [6.07, 6.45) is -5.93. The first-order valence-corrected chi connectivity index (χ1v) is 14.8. The van der Waals surface area contributed by atoms with Crippen molar-refractivity contribution in [1.29, 1.82) is 0 Å². The lowest BCUT2D eigenvalue weighted by Gasteiger charge is -2.27. The second kappa shape index (κ2) is 11.7. The van der Waals surface area contributed by atoms with Crippen molar-refractivity contribution in [2.45, 2.75) is 69.6 Å². The number of pyridine rings is 1. The van der Waals surface area contributed by atoms with Gasteiger partial charge in [0.25, 0.3) is 5.91 Å². The molecule has 2 heterocycles. The molecule has 1 atom stereocenters. The fourth-order valence-corrected chi connectivity index (χ4v) is 5.46. The molecule has 8 nitrogen and oxygen atoms in total. The number of rotatable bonds is 4. The SMILES string of the molecule is Cc1c(Cl)c(C(F)(F)F)nc(N2CCCC(F)(F)CC2)c1C(=O)Nc1cccc(S(C)(=O)=NC(=O)OC(C)(C)C)c1. The molecule has 0 spiro atoms. The van der Waals surface area contributed by atoms with Crippen LogP contribution >= 0.6 is 11.6 Å². The molecule has 1 saturated heterocycles. The molecule has 1 aliphatic heterocycles. The van der Waals surface area contributed by atoms with Gasteiger partial charge in [-0.2, -0.15) is 13.2 Å². The minimum atomic E-state index is -4.96. The first-order valence-electron chi connectivity index (χ1n) is 12.5. The number of nitrogens with zero attached hydrogens (tertiary/aromatic N) is 3. The third kappa shape index (κ3) is 8.28. The highest BCUT2D eigenvalue weighted by Gasteiger charge is 2.40. The molecule has 3 rings (SSSR count). The van der Waals surface area contributed by atoms with Crippen LogP contribution in [-0.2, 0) is 20.6 Å². The molecule has 1 N–H and O–H groups in total. The van der Waals surface area contributed by atoms with E-state index in [1.165, 1.54) is 42.3 Å². The summed E-state index contributed by atoms with van der Waals surface area (Å²) in [4.78, 5) is 30.6. The Morgan fingerprint density at radius 3 is 2.44 bits per heavy atom. The van der Waals surface area contributed by atoms with E-state index in [0.29, 0.717) is 0 Å². The number of anilines is 2. The van der Waals surface area contributed by atoms with Gasteiger partial charge in [-0.15, -0.1) is 4.36 Å². The molecule has 0 radical (unpaired) electrons. The Morgan fingerprint density at radius 1 is 1.17 bits per heavy atom. The van der Waals surface area contributed by atoms with Crippen LogP contribution in [0.15, 0.2) is 33.5 Å². The zero-order valence-corrected chi connectivity index (χ0v) is 24.6. The molecule has 2 aromatic rings. The predicted molar refractivity (Wildman–Crippen MR) is 145 cm³/mol. The maximum Gasteiger partial charge on any atom is 0.442 e. The van der Waals surface area contributed by atoms with Gasteiger partial charge >= 0.3 is 12.3 Å². The number of carbonyl (C=O) groups is 2. The number of benzene rings is 1. The first kappa shape index (κ1) is 32.5. The average Bonchev–Trinajstić information content (AvgIpc) is 2.98. The lowest BCUT2D eigenvalue weighted by Crippen LogP contribution is -2.31. The molecule has 1 aromatic carbocycles. The van der Waals surface area contributed by atoms with Crippen molar-refractivity contribution in [3.63, 3.8) is 0 Å². The van der Waals surface area contributed by atoms with Gasteiger partial charge in [0, 0.05) is 42.8 Å². The van der Waals surface area contributed by atoms with Gasteiger partial charge in [-0.1, -0.05) is 17.7 Å². The summed E-state index contributed by atoms with van der Waals surface area (Å²) in [7, 11) is -3.32. The molecule has 1 unspecified atom stereocenters. The maximum atomic E-state index is 14.0. The highest BCUT2D eigenvalue weighted by atomic mass is 35.5. The van der Waals surface area contributed by atoms with Gasteiger partial charge in [0.05, 0.1) is 20.3 Å². The van der Waals surface area contributed by atoms with Crippen molar-refractivity contribution in [2.75, 3.05) is 29.6 Å². The molecule has 0 saturated carbocycles. The molecule has 2 amide bonds. The topological polar surface area (TPSA) is 101 Å². The Morgan fingerprint density at radius 2 is 1.83 bits per heavy atom. The van der Waals surface area contributed by atoms with Gasteiger partial charge < -0.3 is 15.0 Å². The van der Waals surface area contributed by atoms with Crippen molar-refractivity contribution < 1.29 is 40.5 Å². The summed E-state index contributed by atoms with van der Waals surface area (Å²) in [5.41, 5.74) is -2.80. The van der Waals surface area contributed by atoms with E-state index in [1.807, 2.05) is 0 Å². The standard InChI is InChI=1S/C26H30ClF5N4O4S/c1-15-18(21(34-20(19(15)27)26(30,31)32)36-12-7-10-25(28,29)11-13-36)22(37)33-16-8-6-9-17(14-16)41(5,39)35-23(38)40-24(2,3)4/h6,8-9,14H,7,10-13H2,1-5H3,(H,33,37). The monoisotopic (exact) mass is 624 g/mol. The highest BCUT2D eigenvalue weighted by Crippen LogP contribution is 2.40. The summed E-state index contributed by atoms with van der Waals surface area (Å²) in [6.45, 7) is 5.66. The normalized spacial score (nSPS) is 17.3. The summed E-state index contributed by atoms with van der Waals surface area (Å²) in [5.74, 6) is -4.35. The molecule has 1 aliphatic rings. The molecule has 41 heavy (non-hydrogen) atoms. The predicted octanol–water partition coefficient (Wildman–Crippen LogP) is 7.33. The van der Waals surface area contributed by atoms with Crippen LogP contribution in [0.5, 0.6) is 0 Å². The van der Waals surface area contributed by atoms with E-state index in [4.69, 9.17) is 16.3 Å². The van der Waals surface area contributed by atoms with Crippen molar-refractivity contribution in [1.82, 2.24) is 4.98 Å². The highest BCUT2D eigenvalue weighted by molar-refractivity contribution is 7.93. The number of aromatic nitrogens is 1. The lowest BCUT2D eigenvalue weighted by molar-refractivity contribution is -0.141. The minimum Gasteiger partial charge on any atom is -0.442 e. The van der Waals surface area contributed by atoms with Crippen molar-refractivity contribution >= 4 is 44.8 Å². The number of nitrogens with one attached hydrogen (secondary N) is 1. The molecule has 0 bridgehead atoms. The van der Waals surface area contributed by atoms with E-state index < -0.39 is 68.8 Å². The molecule has 1 fully saturated rings. The second-order valence-electron chi connectivity index (χ2n) is 10.6. The number of halogens is 6. The number of hydrogen-bond acceptors (Lipinski definition) is 6. The number of ether oxygens (including phenoxy) is 1. The van der Waals surface area contributed by atoms with Crippen molar-refractivity contribution in [3.8, 4) is 0 Å². The summed E-state index contributed by atoms with van der Waals surface area (Å²) >= 11 is 6.00. The van der Waals surface area contributed by atoms with Crippen LogP contribution in [0.25, 0.3) is 0 Å². The third-order valence-corrected chi connectivity index (χ3v) is 8.13. The fourth-order valence-electron chi connectivity index (χ4n) is 4.11. The van der Waals surface area contributed by atoms with Crippen molar-refractivity contribution in [2.24, 2.45) is 4.36 Å². The zero-order chi connectivity index (χ0) is 31.0. The van der Waals surface area contributed by atoms with E-state index in [0.717, 1.165) is 0 Å². The summed E-state index contributed by atoms with van der Waals surface area (Å²) in [6, 6.07) is 5.55. The first-order chi connectivity index (χ1) is 18.7. The zero-order valence-electron chi connectivity index (χ0n) is 23.0. The molecular weight excluding hydrogens is 595 g/mol. The Labute approximate surface area is 239 Å². The number of hydrogen-bond donors (Lipinski definition) is 1. The summed E-state index contributed by atoms with van der Waals surface area (Å²) < 4.78 is 91.2. The Bertz CT molecular complexity index is 1470. The molecular formula is C26H30ClF5N4O4S. The van der Waals surface area contributed by atoms with Crippen molar-refractivity contribution in [3.05, 3.63) is 46.1 Å². The van der Waals surface area contributed by atoms with Crippen LogP contribution in [-0.4, -0.2) is 52.1 Å². The molecule has 15 heteroatoms. The van der Waals surface area contributed by atoms with Crippen LogP contribution in [0.3, 0.4) is 0 Å². The lowest BCUT2D eigenvalue weighted by atomic mass is 10.1. The van der Waals surface area contributed by atoms with Gasteiger partial charge in [0.1, 0.15) is 11.4 Å².